The number of amides is 2. The van der Waals surface area contributed by atoms with Crippen molar-refractivity contribution in [1.82, 2.24) is 30.2 Å². The second-order valence-electron chi connectivity index (χ2n) is 13.3. The summed E-state index contributed by atoms with van der Waals surface area (Å²) in [4.78, 5) is 26.4. The van der Waals surface area contributed by atoms with Gasteiger partial charge in [0.25, 0.3) is 32.1 Å². The van der Waals surface area contributed by atoms with E-state index in [0.29, 0.717) is 21.4 Å². The van der Waals surface area contributed by atoms with Crippen molar-refractivity contribution in [3.8, 4) is 11.4 Å². The van der Waals surface area contributed by atoms with Crippen LogP contribution in [0, 0.1) is 13.8 Å². The fourth-order valence-corrected chi connectivity index (χ4v) is 9.53. The van der Waals surface area contributed by atoms with Crippen LogP contribution in [0.15, 0.2) is 79.3 Å². The molecule has 4 N–H and O–H groups in total. The molecule has 4 aromatic carbocycles. The maximum atomic E-state index is 13.7. The van der Waals surface area contributed by atoms with Crippen LogP contribution in [-0.2, 0) is 20.2 Å². The zero-order valence-electron chi connectivity index (χ0n) is 30.2. The summed E-state index contributed by atoms with van der Waals surface area (Å²) in [5, 5.41) is 15.8. The number of furan rings is 2. The quantitative estimate of drug-likeness (QED) is 0.0753. The van der Waals surface area contributed by atoms with Crippen LogP contribution >= 0.6 is 46.4 Å². The summed E-state index contributed by atoms with van der Waals surface area (Å²) in [6.07, 6.45) is 0.176. The van der Waals surface area contributed by atoms with E-state index in [1.165, 1.54) is 47.5 Å². The lowest BCUT2D eigenvalue weighted by Gasteiger charge is -2.08. The van der Waals surface area contributed by atoms with Crippen molar-refractivity contribution in [3.63, 3.8) is 0 Å². The molecule has 4 heterocycles. The Hall–Kier alpha value is -5.18. The highest BCUT2D eigenvalue weighted by molar-refractivity contribution is 7.86. The number of benzene rings is 4. The Morgan fingerprint density at radius 1 is 0.627 bits per heavy atom. The first-order valence-corrected chi connectivity index (χ1v) is 21.6. The fourth-order valence-electron chi connectivity index (χ4n) is 6.83. The highest BCUT2D eigenvalue weighted by atomic mass is 35.5. The van der Waals surface area contributed by atoms with E-state index in [9.17, 15) is 35.5 Å². The van der Waals surface area contributed by atoms with Crippen molar-refractivity contribution < 1.29 is 44.4 Å². The lowest BCUT2D eigenvalue weighted by Crippen LogP contribution is -2.30. The van der Waals surface area contributed by atoms with Gasteiger partial charge in [-0.2, -0.15) is 27.0 Å². The lowest BCUT2D eigenvalue weighted by atomic mass is 10.1. The van der Waals surface area contributed by atoms with Gasteiger partial charge < -0.3 is 19.5 Å². The zero-order valence-corrected chi connectivity index (χ0v) is 34.8. The van der Waals surface area contributed by atoms with Crippen molar-refractivity contribution in [2.24, 2.45) is 0 Å². The molecule has 8 aromatic rings. The first-order chi connectivity index (χ1) is 27.8. The van der Waals surface area contributed by atoms with Gasteiger partial charge in [0.1, 0.15) is 20.8 Å². The minimum atomic E-state index is -4.76. The van der Waals surface area contributed by atoms with Gasteiger partial charge in [-0.25, -0.2) is 9.36 Å². The molecule has 0 fully saturated rings. The fraction of sp³-hybridized carbons (Fsp3) is 0.135. The molecule has 2 amide bonds. The summed E-state index contributed by atoms with van der Waals surface area (Å²) < 4.78 is 84.3. The zero-order chi connectivity index (χ0) is 42.3. The summed E-state index contributed by atoms with van der Waals surface area (Å²) in [6.45, 7) is 2.95. The summed E-state index contributed by atoms with van der Waals surface area (Å²) in [5.74, 6) is -1.44. The van der Waals surface area contributed by atoms with Gasteiger partial charge in [-0.1, -0.05) is 58.5 Å². The summed E-state index contributed by atoms with van der Waals surface area (Å²) >= 11 is 25.3. The van der Waals surface area contributed by atoms with Crippen LogP contribution in [0.4, 0.5) is 0 Å². The second-order valence-corrected chi connectivity index (χ2v) is 17.7. The molecule has 0 spiro atoms. The number of nitrogens with one attached hydrogen (secondary N) is 2. The summed E-state index contributed by atoms with van der Waals surface area (Å²) in [5.41, 5.74) is 0.345. The Morgan fingerprint density at radius 2 is 1.02 bits per heavy atom. The van der Waals surface area contributed by atoms with E-state index in [4.69, 9.17) is 55.2 Å². The van der Waals surface area contributed by atoms with Crippen LogP contribution in [0.3, 0.4) is 0 Å². The Kier molecular flexibility index (Phi) is 10.2. The van der Waals surface area contributed by atoms with Crippen LogP contribution in [0.1, 0.15) is 38.5 Å². The van der Waals surface area contributed by atoms with Gasteiger partial charge in [-0.3, -0.25) is 18.7 Å². The SMILES string of the molecule is Cc1ccc2c(oc3c(C(=O)NCCCNC(=O)c4nn(-c5ccc(Cl)cc5Cl)c5c4oc4c(S(=O)(=O)O)c(C)ccc45)nn(-c4ccc(Cl)cc4Cl)c32)c1S(=O)(=O)O. The lowest BCUT2D eigenvalue weighted by molar-refractivity contribution is 0.0947. The molecule has 16 nitrogen and oxygen atoms in total. The molecule has 0 radical (unpaired) electrons. The molecule has 4 aromatic heterocycles. The van der Waals surface area contributed by atoms with Crippen LogP contribution in [-0.4, -0.2) is 70.4 Å². The van der Waals surface area contributed by atoms with E-state index in [0.717, 1.165) is 0 Å². The van der Waals surface area contributed by atoms with Gasteiger partial charge in [-0.15, -0.1) is 0 Å². The Labute approximate surface area is 353 Å². The van der Waals surface area contributed by atoms with E-state index >= 15 is 0 Å². The molecular formula is C37H26Cl4N6O10S2. The molecule has 59 heavy (non-hydrogen) atoms. The molecule has 22 heteroatoms. The molecule has 0 saturated heterocycles. The highest BCUT2D eigenvalue weighted by Gasteiger charge is 2.31. The van der Waals surface area contributed by atoms with Gasteiger partial charge >= 0.3 is 0 Å². The van der Waals surface area contributed by atoms with Gasteiger partial charge in [0, 0.05) is 33.9 Å². The third-order valence-corrected chi connectivity index (χ3v) is 12.5. The Balaban J connectivity index is 1.07. The van der Waals surface area contributed by atoms with Crippen molar-refractivity contribution in [2.45, 2.75) is 30.1 Å². The third kappa shape index (κ3) is 7.08. The van der Waals surface area contributed by atoms with E-state index in [2.05, 4.69) is 20.8 Å². The maximum Gasteiger partial charge on any atom is 0.298 e. The molecule has 0 unspecified atom stereocenters. The summed E-state index contributed by atoms with van der Waals surface area (Å²) in [6, 6.07) is 15.2. The van der Waals surface area contributed by atoms with Crippen molar-refractivity contribution in [1.29, 1.82) is 0 Å². The van der Waals surface area contributed by atoms with E-state index < -0.39 is 41.8 Å². The predicted molar refractivity (Wildman–Crippen MR) is 220 cm³/mol. The monoisotopic (exact) mass is 918 g/mol. The number of nitrogens with zero attached hydrogens (tertiary/aromatic N) is 4. The van der Waals surface area contributed by atoms with Crippen molar-refractivity contribution in [3.05, 3.63) is 103 Å². The topological polar surface area (TPSA) is 229 Å². The van der Waals surface area contributed by atoms with E-state index in [1.807, 2.05) is 0 Å². The molecule has 0 aliphatic heterocycles. The Bertz CT molecular complexity index is 3120. The van der Waals surface area contributed by atoms with Crippen LogP contribution in [0.2, 0.25) is 20.1 Å². The number of hydrogen-bond acceptors (Lipinski definition) is 10. The number of carbonyl (C=O) groups excluding carboxylic acids is 2. The smallest absolute Gasteiger partial charge is 0.298 e. The average molecular weight is 921 g/mol. The molecule has 0 saturated carbocycles. The van der Waals surface area contributed by atoms with Gasteiger partial charge in [-0.05, 0) is 79.9 Å². The molecular weight excluding hydrogens is 894 g/mol. The Morgan fingerprint density at radius 3 is 1.37 bits per heavy atom. The number of halogens is 4. The molecule has 304 valence electrons. The molecule has 0 aliphatic rings. The molecule has 0 atom stereocenters. The minimum absolute atomic E-state index is 0.00333. The van der Waals surface area contributed by atoms with E-state index in [1.54, 1.807) is 36.4 Å². The van der Waals surface area contributed by atoms with Crippen molar-refractivity contribution in [2.75, 3.05) is 13.1 Å². The van der Waals surface area contributed by atoms with Gasteiger partial charge in [0.2, 0.25) is 0 Å². The second kappa shape index (κ2) is 14.8. The summed E-state index contributed by atoms with van der Waals surface area (Å²) in [7, 11) is -9.52. The number of hydrogen-bond donors (Lipinski definition) is 4. The third-order valence-electron chi connectivity index (χ3n) is 9.37. The normalized spacial score (nSPS) is 12.3. The molecule has 8 rings (SSSR count). The molecule has 0 bridgehead atoms. The van der Waals surface area contributed by atoms with Crippen LogP contribution in [0.25, 0.3) is 55.5 Å². The van der Waals surface area contributed by atoms with Gasteiger partial charge in [0.05, 0.1) is 21.4 Å². The molecule has 0 aliphatic carbocycles. The van der Waals surface area contributed by atoms with Crippen LogP contribution in [0.5, 0.6) is 0 Å². The predicted octanol–water partition coefficient (Wildman–Crippen LogP) is 8.13. The highest BCUT2D eigenvalue weighted by Crippen LogP contribution is 2.40. The van der Waals surface area contributed by atoms with E-state index in [-0.39, 0.29) is 96.2 Å². The van der Waals surface area contributed by atoms with Crippen LogP contribution < -0.4 is 10.6 Å². The number of carbonyl (C=O) groups is 2. The maximum absolute atomic E-state index is 13.7. The first kappa shape index (κ1) is 40.6. The average Bonchev–Trinajstić information content (AvgIpc) is 3.89. The number of fused-ring (bicyclic) bond motifs is 6. The van der Waals surface area contributed by atoms with Gasteiger partial charge in [0.15, 0.2) is 33.7 Å². The largest absolute Gasteiger partial charge is 0.450 e. The minimum Gasteiger partial charge on any atom is -0.450 e. The number of rotatable bonds is 10. The van der Waals surface area contributed by atoms with Crippen molar-refractivity contribution >= 4 is 123 Å². The standard InChI is InChI=1S/C37H26Cl4N6O10S2/c1-16-4-8-20-28-32(56-30(20)34(16)58(50,51)52)26(44-46(28)24-10-6-18(38)14-22(24)40)36(48)42-12-3-13-43-37(49)27-33-29(47(45-27)25-11-7-19(39)15-23(25)41)21-9-5-17(2)35(31(21)57-33)59(53,54)55/h4-11,14-15H,3,12-13H2,1-2H3,(H,42,48)(H,43,49)(H,50,51,52)(H,53,54,55). The first-order valence-electron chi connectivity index (χ1n) is 17.2. The number of aryl methyl sites for hydroxylation is 2. The number of aromatic nitrogens is 4.